The Labute approximate surface area is 115 Å². The third kappa shape index (κ3) is 2.34. The van der Waals surface area contributed by atoms with E-state index >= 15 is 0 Å². The van der Waals surface area contributed by atoms with Crippen molar-refractivity contribution in [2.45, 2.75) is 38.6 Å². The molecule has 3 nitrogen and oxygen atoms in total. The van der Waals surface area contributed by atoms with E-state index in [9.17, 15) is 0 Å². The zero-order chi connectivity index (χ0) is 13.5. The van der Waals surface area contributed by atoms with Crippen LogP contribution in [0.3, 0.4) is 0 Å². The molecule has 0 aliphatic carbocycles. The van der Waals surface area contributed by atoms with Gasteiger partial charge in [0, 0.05) is 19.6 Å². The number of benzene rings is 1. The Hall–Kier alpha value is -1.51. The monoisotopic (exact) mass is 257 g/mol. The molecule has 1 atom stereocenters. The SMILES string of the molecule is CC(C)(C)c1ccc(C2CCN=C3NCCN32)cc1. The van der Waals surface area contributed by atoms with Crippen LogP contribution < -0.4 is 5.32 Å². The van der Waals surface area contributed by atoms with Gasteiger partial charge in [0.05, 0.1) is 6.04 Å². The summed E-state index contributed by atoms with van der Waals surface area (Å²) in [7, 11) is 0. The van der Waals surface area contributed by atoms with E-state index in [1.807, 2.05) is 0 Å². The highest BCUT2D eigenvalue weighted by Crippen LogP contribution is 2.30. The quantitative estimate of drug-likeness (QED) is 0.837. The lowest BCUT2D eigenvalue weighted by molar-refractivity contribution is 0.314. The highest BCUT2D eigenvalue weighted by Gasteiger charge is 2.30. The summed E-state index contributed by atoms with van der Waals surface area (Å²) in [5, 5.41) is 3.37. The van der Waals surface area contributed by atoms with Crippen LogP contribution in [0.15, 0.2) is 29.3 Å². The number of hydrogen-bond donors (Lipinski definition) is 1. The highest BCUT2D eigenvalue weighted by molar-refractivity contribution is 5.82. The number of hydrogen-bond acceptors (Lipinski definition) is 3. The van der Waals surface area contributed by atoms with Crippen molar-refractivity contribution < 1.29 is 0 Å². The van der Waals surface area contributed by atoms with E-state index in [1.165, 1.54) is 11.1 Å². The van der Waals surface area contributed by atoms with E-state index < -0.39 is 0 Å². The largest absolute Gasteiger partial charge is 0.354 e. The third-order valence-electron chi connectivity index (χ3n) is 4.11. The van der Waals surface area contributed by atoms with Crippen molar-refractivity contribution in [2.75, 3.05) is 19.6 Å². The second-order valence-corrected chi connectivity index (χ2v) is 6.50. The normalized spacial score (nSPS) is 22.8. The maximum Gasteiger partial charge on any atom is 0.194 e. The molecule has 2 aliphatic heterocycles. The van der Waals surface area contributed by atoms with Crippen LogP contribution >= 0.6 is 0 Å². The van der Waals surface area contributed by atoms with E-state index in [2.05, 4.69) is 60.2 Å². The van der Waals surface area contributed by atoms with Crippen LogP contribution in [0.2, 0.25) is 0 Å². The third-order valence-corrected chi connectivity index (χ3v) is 4.11. The van der Waals surface area contributed by atoms with E-state index in [0.29, 0.717) is 6.04 Å². The fourth-order valence-electron chi connectivity index (χ4n) is 2.95. The average Bonchev–Trinajstić information content (AvgIpc) is 2.86. The number of nitrogens with zero attached hydrogens (tertiary/aromatic N) is 2. The summed E-state index contributed by atoms with van der Waals surface area (Å²) in [6.45, 7) is 9.82. The summed E-state index contributed by atoms with van der Waals surface area (Å²) in [5.41, 5.74) is 3.05. The topological polar surface area (TPSA) is 27.6 Å². The smallest absolute Gasteiger partial charge is 0.194 e. The van der Waals surface area contributed by atoms with Crippen molar-refractivity contribution in [3.63, 3.8) is 0 Å². The first-order valence-corrected chi connectivity index (χ1v) is 7.21. The second kappa shape index (κ2) is 4.55. The molecule has 1 saturated heterocycles. The van der Waals surface area contributed by atoms with Crippen LogP contribution in [-0.4, -0.2) is 30.5 Å². The molecule has 0 radical (unpaired) electrons. The van der Waals surface area contributed by atoms with Gasteiger partial charge in [-0.2, -0.15) is 0 Å². The molecule has 0 aromatic heterocycles. The van der Waals surface area contributed by atoms with Gasteiger partial charge < -0.3 is 10.2 Å². The molecule has 0 saturated carbocycles. The lowest BCUT2D eigenvalue weighted by Gasteiger charge is -2.32. The minimum atomic E-state index is 0.229. The molecule has 0 spiro atoms. The van der Waals surface area contributed by atoms with Crippen LogP contribution in [0.1, 0.15) is 44.4 Å². The maximum atomic E-state index is 4.56. The van der Waals surface area contributed by atoms with Gasteiger partial charge in [0.15, 0.2) is 5.96 Å². The Kier molecular flexibility index (Phi) is 3.00. The van der Waals surface area contributed by atoms with Gasteiger partial charge in [0.25, 0.3) is 0 Å². The molecule has 2 heterocycles. The lowest BCUT2D eigenvalue weighted by Crippen LogP contribution is -2.37. The minimum Gasteiger partial charge on any atom is -0.354 e. The Bertz CT molecular complexity index is 482. The molecule has 1 N–H and O–H groups in total. The predicted molar refractivity (Wildman–Crippen MR) is 79.5 cm³/mol. The van der Waals surface area contributed by atoms with E-state index in [4.69, 9.17) is 0 Å². The van der Waals surface area contributed by atoms with Gasteiger partial charge in [-0.05, 0) is 23.0 Å². The number of guanidine groups is 1. The Morgan fingerprint density at radius 2 is 1.95 bits per heavy atom. The second-order valence-electron chi connectivity index (χ2n) is 6.50. The predicted octanol–water partition coefficient (Wildman–Crippen LogP) is 2.69. The number of aliphatic imine (C=N–C) groups is 1. The molecule has 1 aromatic carbocycles. The summed E-state index contributed by atoms with van der Waals surface area (Å²) in [6, 6.07) is 9.66. The molecule has 1 aromatic rings. The van der Waals surface area contributed by atoms with Gasteiger partial charge >= 0.3 is 0 Å². The van der Waals surface area contributed by atoms with Gasteiger partial charge in [0.1, 0.15) is 0 Å². The van der Waals surface area contributed by atoms with Crippen LogP contribution in [0.5, 0.6) is 0 Å². The Balaban J connectivity index is 1.85. The molecular weight excluding hydrogens is 234 g/mol. The minimum absolute atomic E-state index is 0.229. The van der Waals surface area contributed by atoms with Crippen molar-refractivity contribution in [2.24, 2.45) is 4.99 Å². The number of fused-ring (bicyclic) bond motifs is 1. The summed E-state index contributed by atoms with van der Waals surface area (Å²) in [4.78, 5) is 6.97. The van der Waals surface area contributed by atoms with Gasteiger partial charge in [-0.25, -0.2) is 0 Å². The highest BCUT2D eigenvalue weighted by atomic mass is 15.4. The fraction of sp³-hybridized carbons (Fsp3) is 0.562. The van der Waals surface area contributed by atoms with E-state index in [-0.39, 0.29) is 5.41 Å². The van der Waals surface area contributed by atoms with Gasteiger partial charge in [-0.1, -0.05) is 45.0 Å². The van der Waals surface area contributed by atoms with Gasteiger partial charge in [-0.3, -0.25) is 4.99 Å². The zero-order valence-corrected chi connectivity index (χ0v) is 12.1. The van der Waals surface area contributed by atoms with Crippen LogP contribution in [-0.2, 0) is 5.41 Å². The van der Waals surface area contributed by atoms with Crippen LogP contribution in [0.4, 0.5) is 0 Å². The molecule has 0 amide bonds. The summed E-state index contributed by atoms with van der Waals surface area (Å²) >= 11 is 0. The maximum absolute atomic E-state index is 4.56. The average molecular weight is 257 g/mol. The molecule has 1 unspecified atom stereocenters. The fourth-order valence-corrected chi connectivity index (χ4v) is 2.95. The van der Waals surface area contributed by atoms with Crippen LogP contribution in [0, 0.1) is 0 Å². The molecule has 3 rings (SSSR count). The van der Waals surface area contributed by atoms with Crippen molar-refractivity contribution in [3.05, 3.63) is 35.4 Å². The first-order valence-electron chi connectivity index (χ1n) is 7.21. The molecule has 3 heteroatoms. The van der Waals surface area contributed by atoms with Crippen molar-refractivity contribution in [3.8, 4) is 0 Å². The molecular formula is C16H23N3. The summed E-state index contributed by atoms with van der Waals surface area (Å²) < 4.78 is 0. The van der Waals surface area contributed by atoms with E-state index in [0.717, 1.165) is 32.0 Å². The number of rotatable bonds is 1. The van der Waals surface area contributed by atoms with Gasteiger partial charge in [-0.15, -0.1) is 0 Å². The van der Waals surface area contributed by atoms with Crippen molar-refractivity contribution >= 4 is 5.96 Å². The molecule has 1 fully saturated rings. The van der Waals surface area contributed by atoms with Gasteiger partial charge in [0.2, 0.25) is 0 Å². The molecule has 2 aliphatic rings. The van der Waals surface area contributed by atoms with E-state index in [1.54, 1.807) is 0 Å². The first kappa shape index (κ1) is 12.5. The van der Waals surface area contributed by atoms with Crippen molar-refractivity contribution in [1.29, 1.82) is 0 Å². The Morgan fingerprint density at radius 1 is 1.21 bits per heavy atom. The standard InChI is InChI=1S/C16H23N3/c1-16(2,3)13-6-4-12(5-7-13)14-8-9-17-15-18-10-11-19(14)15/h4-7,14H,8-11H2,1-3H3,(H,17,18). The number of nitrogens with one attached hydrogen (secondary N) is 1. The van der Waals surface area contributed by atoms with Crippen molar-refractivity contribution in [1.82, 2.24) is 10.2 Å². The molecule has 0 bridgehead atoms. The summed E-state index contributed by atoms with van der Waals surface area (Å²) in [5.74, 6) is 1.09. The molecule has 102 valence electrons. The lowest BCUT2D eigenvalue weighted by atomic mass is 9.86. The first-order chi connectivity index (χ1) is 9.05. The molecule has 19 heavy (non-hydrogen) atoms. The zero-order valence-electron chi connectivity index (χ0n) is 12.1. The van der Waals surface area contributed by atoms with Crippen LogP contribution in [0.25, 0.3) is 0 Å². The summed E-state index contributed by atoms with van der Waals surface area (Å²) in [6.07, 6.45) is 1.13. The Morgan fingerprint density at radius 3 is 2.63 bits per heavy atom.